The summed E-state index contributed by atoms with van der Waals surface area (Å²) in [5, 5.41) is 0.649. The Bertz CT molecular complexity index is 1060. The first-order valence-electron chi connectivity index (χ1n) is 10.1. The SMILES string of the molecule is CCOC(=O)c1c(C2CC2)nc2ccc(F)cc2c1Sc1ccc(C(C)C)cc1. The van der Waals surface area contributed by atoms with Crippen LogP contribution in [0, 0.1) is 5.82 Å². The van der Waals surface area contributed by atoms with Gasteiger partial charge in [0, 0.05) is 21.1 Å². The minimum absolute atomic E-state index is 0.270. The Kier molecular flexibility index (Phi) is 5.59. The molecule has 0 aliphatic heterocycles. The first kappa shape index (κ1) is 19.9. The van der Waals surface area contributed by atoms with E-state index in [4.69, 9.17) is 9.72 Å². The van der Waals surface area contributed by atoms with E-state index >= 15 is 0 Å². The first-order chi connectivity index (χ1) is 14.0. The van der Waals surface area contributed by atoms with Gasteiger partial charge in [-0.25, -0.2) is 9.18 Å². The van der Waals surface area contributed by atoms with Crippen LogP contribution in [0.1, 0.15) is 67.1 Å². The molecular formula is C24H24FNO2S. The molecule has 1 aliphatic carbocycles. The highest BCUT2D eigenvalue weighted by Gasteiger charge is 2.33. The number of fused-ring (bicyclic) bond motifs is 1. The van der Waals surface area contributed by atoms with Gasteiger partial charge in [0.25, 0.3) is 0 Å². The van der Waals surface area contributed by atoms with E-state index < -0.39 is 0 Å². The number of carbonyl (C=O) groups excluding carboxylic acids is 1. The van der Waals surface area contributed by atoms with Gasteiger partial charge in [-0.2, -0.15) is 0 Å². The van der Waals surface area contributed by atoms with Crippen LogP contribution in [0.2, 0.25) is 0 Å². The van der Waals surface area contributed by atoms with Gasteiger partial charge >= 0.3 is 5.97 Å². The molecule has 0 radical (unpaired) electrons. The summed E-state index contributed by atoms with van der Waals surface area (Å²) in [5.74, 6) is -0.00682. The number of benzene rings is 2. The summed E-state index contributed by atoms with van der Waals surface area (Å²) in [5.41, 5.74) is 3.24. The summed E-state index contributed by atoms with van der Waals surface area (Å²) in [6.07, 6.45) is 2.03. The minimum Gasteiger partial charge on any atom is -0.462 e. The summed E-state index contributed by atoms with van der Waals surface area (Å²) in [7, 11) is 0. The fourth-order valence-corrected chi connectivity index (χ4v) is 4.49. The molecule has 2 aromatic carbocycles. The van der Waals surface area contributed by atoms with E-state index in [0.29, 0.717) is 22.4 Å². The van der Waals surface area contributed by atoms with Gasteiger partial charge in [-0.05, 0) is 61.6 Å². The van der Waals surface area contributed by atoms with Crippen LogP contribution in [0.3, 0.4) is 0 Å². The second kappa shape index (κ2) is 8.15. The molecule has 0 spiro atoms. The predicted octanol–water partition coefficient (Wildman–Crippen LogP) is 6.70. The lowest BCUT2D eigenvalue weighted by Gasteiger charge is -2.16. The lowest BCUT2D eigenvalue weighted by Crippen LogP contribution is -2.12. The highest BCUT2D eigenvalue weighted by Crippen LogP contribution is 2.46. The summed E-state index contributed by atoms with van der Waals surface area (Å²) in [4.78, 5) is 19.4. The van der Waals surface area contributed by atoms with Crippen LogP contribution >= 0.6 is 11.8 Å². The molecule has 1 fully saturated rings. The van der Waals surface area contributed by atoms with Crippen molar-refractivity contribution in [2.24, 2.45) is 0 Å². The maximum atomic E-state index is 14.1. The molecule has 150 valence electrons. The van der Waals surface area contributed by atoms with Crippen LogP contribution in [-0.4, -0.2) is 17.6 Å². The molecule has 0 amide bonds. The molecule has 1 saturated carbocycles. The second-order valence-corrected chi connectivity index (χ2v) is 8.77. The van der Waals surface area contributed by atoms with E-state index in [9.17, 15) is 9.18 Å². The van der Waals surface area contributed by atoms with E-state index in [1.807, 2.05) is 0 Å². The molecule has 1 aromatic heterocycles. The van der Waals surface area contributed by atoms with Crippen LogP contribution in [0.25, 0.3) is 10.9 Å². The van der Waals surface area contributed by atoms with Crippen molar-refractivity contribution in [3.8, 4) is 0 Å². The summed E-state index contributed by atoms with van der Waals surface area (Å²) >= 11 is 1.48. The van der Waals surface area contributed by atoms with Crippen LogP contribution in [0.4, 0.5) is 4.39 Å². The maximum absolute atomic E-state index is 14.1. The third-order valence-electron chi connectivity index (χ3n) is 5.14. The number of hydrogen-bond acceptors (Lipinski definition) is 4. The molecule has 3 aromatic rings. The van der Waals surface area contributed by atoms with Crippen LogP contribution in [0.5, 0.6) is 0 Å². The zero-order valence-electron chi connectivity index (χ0n) is 16.9. The Balaban J connectivity index is 1.89. The Labute approximate surface area is 174 Å². The summed E-state index contributed by atoms with van der Waals surface area (Å²) in [6, 6.07) is 12.9. The smallest absolute Gasteiger partial charge is 0.341 e. The normalized spacial score (nSPS) is 13.8. The van der Waals surface area contributed by atoms with Gasteiger partial charge in [0.2, 0.25) is 0 Å². The van der Waals surface area contributed by atoms with Crippen molar-refractivity contribution < 1.29 is 13.9 Å². The van der Waals surface area contributed by atoms with Gasteiger partial charge in [-0.15, -0.1) is 0 Å². The third kappa shape index (κ3) is 4.15. The highest BCUT2D eigenvalue weighted by molar-refractivity contribution is 7.99. The Morgan fingerprint density at radius 3 is 2.55 bits per heavy atom. The number of nitrogens with zero attached hydrogens (tertiary/aromatic N) is 1. The molecule has 0 N–H and O–H groups in total. The van der Waals surface area contributed by atoms with E-state index in [1.54, 1.807) is 13.0 Å². The van der Waals surface area contributed by atoms with Crippen molar-refractivity contribution in [1.29, 1.82) is 0 Å². The molecule has 4 rings (SSSR count). The Morgan fingerprint density at radius 1 is 1.21 bits per heavy atom. The quantitative estimate of drug-likeness (QED) is 0.425. The zero-order valence-corrected chi connectivity index (χ0v) is 17.7. The second-order valence-electron chi connectivity index (χ2n) is 7.68. The third-order valence-corrected chi connectivity index (χ3v) is 6.27. The monoisotopic (exact) mass is 409 g/mol. The van der Waals surface area contributed by atoms with E-state index in [2.05, 4.69) is 38.1 Å². The molecule has 0 saturated heterocycles. The van der Waals surface area contributed by atoms with Crippen molar-refractivity contribution >= 4 is 28.6 Å². The summed E-state index contributed by atoms with van der Waals surface area (Å²) in [6.45, 7) is 6.39. The maximum Gasteiger partial charge on any atom is 0.341 e. The molecule has 0 bridgehead atoms. The van der Waals surface area contributed by atoms with Crippen molar-refractivity contribution in [2.45, 2.75) is 55.2 Å². The number of esters is 1. The molecule has 1 aliphatic rings. The van der Waals surface area contributed by atoms with Crippen molar-refractivity contribution in [1.82, 2.24) is 4.98 Å². The average molecular weight is 410 g/mol. The van der Waals surface area contributed by atoms with E-state index in [1.165, 1.54) is 29.5 Å². The molecule has 29 heavy (non-hydrogen) atoms. The first-order valence-corrected chi connectivity index (χ1v) is 10.9. The number of ether oxygens (including phenoxy) is 1. The fourth-order valence-electron chi connectivity index (χ4n) is 3.42. The van der Waals surface area contributed by atoms with Gasteiger partial charge < -0.3 is 4.74 Å². The Hall–Kier alpha value is -2.40. The number of rotatable bonds is 6. The Morgan fingerprint density at radius 2 is 1.93 bits per heavy atom. The van der Waals surface area contributed by atoms with Gasteiger partial charge in [0.15, 0.2) is 0 Å². The van der Waals surface area contributed by atoms with E-state index in [-0.39, 0.29) is 24.3 Å². The van der Waals surface area contributed by atoms with Gasteiger partial charge in [-0.3, -0.25) is 4.98 Å². The van der Waals surface area contributed by atoms with Crippen LogP contribution in [0.15, 0.2) is 52.3 Å². The number of pyridine rings is 1. The van der Waals surface area contributed by atoms with Gasteiger partial charge in [0.05, 0.1) is 23.4 Å². The molecular weight excluding hydrogens is 385 g/mol. The van der Waals surface area contributed by atoms with E-state index in [0.717, 1.165) is 28.3 Å². The topological polar surface area (TPSA) is 39.2 Å². The number of halogens is 1. The van der Waals surface area contributed by atoms with Crippen molar-refractivity contribution in [2.75, 3.05) is 6.61 Å². The molecule has 0 unspecified atom stereocenters. The van der Waals surface area contributed by atoms with Gasteiger partial charge in [-0.1, -0.05) is 37.7 Å². The lowest BCUT2D eigenvalue weighted by atomic mass is 10.0. The number of hydrogen-bond donors (Lipinski definition) is 0. The molecule has 3 nitrogen and oxygen atoms in total. The largest absolute Gasteiger partial charge is 0.462 e. The molecule has 1 heterocycles. The van der Waals surface area contributed by atoms with Crippen molar-refractivity contribution in [3.05, 3.63) is 65.1 Å². The number of carbonyl (C=O) groups is 1. The summed E-state index contributed by atoms with van der Waals surface area (Å²) < 4.78 is 19.5. The predicted molar refractivity (Wildman–Crippen MR) is 114 cm³/mol. The minimum atomic E-state index is -0.380. The zero-order chi connectivity index (χ0) is 20.5. The van der Waals surface area contributed by atoms with Crippen LogP contribution < -0.4 is 0 Å². The van der Waals surface area contributed by atoms with Crippen LogP contribution in [-0.2, 0) is 4.74 Å². The highest BCUT2D eigenvalue weighted by atomic mass is 32.2. The fraction of sp³-hybridized carbons (Fsp3) is 0.333. The lowest BCUT2D eigenvalue weighted by molar-refractivity contribution is 0.0520. The van der Waals surface area contributed by atoms with Crippen molar-refractivity contribution in [3.63, 3.8) is 0 Å². The molecule has 5 heteroatoms. The average Bonchev–Trinajstić information content (AvgIpc) is 3.53. The number of aromatic nitrogens is 1. The standard InChI is InChI=1S/C24H24FNO2S/c1-4-28-24(27)21-22(16-5-6-16)26-20-12-9-17(25)13-19(20)23(21)29-18-10-7-15(8-11-18)14(2)3/h7-14,16H,4-6H2,1-3H3. The molecule has 0 atom stereocenters. The van der Waals surface area contributed by atoms with Gasteiger partial charge in [0.1, 0.15) is 5.82 Å².